The highest BCUT2D eigenvalue weighted by atomic mass is 16.6. The highest BCUT2D eigenvalue weighted by molar-refractivity contribution is 5.94. The van der Waals surface area contributed by atoms with Crippen molar-refractivity contribution < 1.29 is 23.9 Å². The van der Waals surface area contributed by atoms with Gasteiger partial charge in [0.15, 0.2) is 6.61 Å². The van der Waals surface area contributed by atoms with E-state index in [9.17, 15) is 14.4 Å². The summed E-state index contributed by atoms with van der Waals surface area (Å²) in [6.45, 7) is 5.78. The fourth-order valence-electron chi connectivity index (χ4n) is 2.56. The monoisotopic (exact) mass is 425 g/mol. The van der Waals surface area contributed by atoms with Gasteiger partial charge in [0, 0.05) is 18.5 Å². The van der Waals surface area contributed by atoms with Gasteiger partial charge in [0.1, 0.15) is 5.75 Å². The number of carbonyl (C=O) groups excluding carboxylic acids is 3. The van der Waals surface area contributed by atoms with E-state index in [1.54, 1.807) is 31.2 Å². The molecule has 2 amide bonds. The van der Waals surface area contributed by atoms with E-state index < -0.39 is 5.97 Å². The Hall–Kier alpha value is -3.68. The smallest absolute Gasteiger partial charge is 0.344 e. The molecule has 0 aliphatic carbocycles. The lowest BCUT2D eigenvalue weighted by atomic mass is 10.1. The number of rotatable bonds is 10. The lowest BCUT2D eigenvalue weighted by molar-refractivity contribution is -0.145. The normalized spacial score (nSPS) is 10.5. The van der Waals surface area contributed by atoms with Crippen molar-refractivity contribution in [2.45, 2.75) is 33.6 Å². The first-order chi connectivity index (χ1) is 14.9. The molecule has 2 rings (SSSR count). The third kappa shape index (κ3) is 8.30. The van der Waals surface area contributed by atoms with Crippen molar-refractivity contribution in [3.63, 3.8) is 0 Å². The van der Waals surface area contributed by atoms with Gasteiger partial charge >= 0.3 is 5.97 Å². The Morgan fingerprint density at radius 1 is 1.00 bits per heavy atom. The summed E-state index contributed by atoms with van der Waals surface area (Å²) in [5, 5.41) is 6.71. The Morgan fingerprint density at radius 2 is 1.71 bits per heavy atom. The van der Waals surface area contributed by atoms with E-state index in [-0.39, 0.29) is 31.3 Å². The molecule has 8 heteroatoms. The second kappa shape index (κ2) is 12.1. The summed E-state index contributed by atoms with van der Waals surface area (Å²) in [4.78, 5) is 35.2. The van der Waals surface area contributed by atoms with Crippen LogP contribution in [0.2, 0.25) is 0 Å². The Balaban J connectivity index is 1.72. The number of benzene rings is 2. The van der Waals surface area contributed by atoms with Crippen LogP contribution in [0.25, 0.3) is 0 Å². The summed E-state index contributed by atoms with van der Waals surface area (Å²) in [5.74, 6) is -0.504. The van der Waals surface area contributed by atoms with Gasteiger partial charge in [-0.25, -0.2) is 10.2 Å². The predicted molar refractivity (Wildman–Crippen MR) is 118 cm³/mol. The second-order valence-corrected chi connectivity index (χ2v) is 6.75. The number of hydrogen-bond acceptors (Lipinski definition) is 6. The van der Waals surface area contributed by atoms with E-state index in [2.05, 4.69) is 15.8 Å². The molecule has 0 saturated carbocycles. The van der Waals surface area contributed by atoms with Gasteiger partial charge in [-0.2, -0.15) is 5.10 Å². The number of ether oxygens (including phenoxy) is 2. The van der Waals surface area contributed by atoms with Crippen molar-refractivity contribution >= 4 is 29.7 Å². The van der Waals surface area contributed by atoms with Crippen LogP contribution in [0.1, 0.15) is 36.5 Å². The number of nitrogens with one attached hydrogen (secondary N) is 2. The highest BCUT2D eigenvalue weighted by Gasteiger charge is 2.09. The average Bonchev–Trinajstić information content (AvgIpc) is 2.75. The van der Waals surface area contributed by atoms with E-state index in [4.69, 9.17) is 9.47 Å². The highest BCUT2D eigenvalue weighted by Crippen LogP contribution is 2.18. The van der Waals surface area contributed by atoms with Crippen molar-refractivity contribution in [1.29, 1.82) is 0 Å². The Morgan fingerprint density at radius 3 is 2.42 bits per heavy atom. The molecule has 0 spiro atoms. The van der Waals surface area contributed by atoms with Gasteiger partial charge < -0.3 is 14.8 Å². The molecule has 164 valence electrons. The zero-order valence-corrected chi connectivity index (χ0v) is 17.9. The molecule has 0 fully saturated rings. The van der Waals surface area contributed by atoms with Crippen LogP contribution in [0.15, 0.2) is 47.6 Å². The first-order valence-corrected chi connectivity index (χ1v) is 9.95. The molecule has 0 radical (unpaired) electrons. The van der Waals surface area contributed by atoms with Gasteiger partial charge in [0.25, 0.3) is 0 Å². The fraction of sp³-hybridized carbons (Fsp3) is 0.304. The number of anilines is 1. The molecule has 31 heavy (non-hydrogen) atoms. The third-order valence-corrected chi connectivity index (χ3v) is 4.40. The standard InChI is InChI=1S/C23H27N3O5/c1-4-30-23(29)15-31-19-10-8-18(9-11-19)14-24-26-22(28)13-12-21(27)25-20-7-5-6-16(2)17(20)3/h5-11,14H,4,12-13,15H2,1-3H3,(H,25,27)(H,26,28). The molecule has 8 nitrogen and oxygen atoms in total. The number of esters is 1. The van der Waals surface area contributed by atoms with Gasteiger partial charge in [-0.3, -0.25) is 9.59 Å². The number of carbonyl (C=O) groups is 3. The van der Waals surface area contributed by atoms with Crippen molar-refractivity contribution in [2.75, 3.05) is 18.5 Å². The molecule has 2 N–H and O–H groups in total. The number of hydrazone groups is 1. The van der Waals surface area contributed by atoms with E-state index in [0.29, 0.717) is 12.4 Å². The molecule has 0 saturated heterocycles. The summed E-state index contributed by atoms with van der Waals surface area (Å²) in [6, 6.07) is 12.5. The number of aryl methyl sites for hydroxylation is 1. The van der Waals surface area contributed by atoms with Crippen LogP contribution in [0.5, 0.6) is 5.75 Å². The molecular weight excluding hydrogens is 398 g/mol. The molecule has 0 heterocycles. The maximum Gasteiger partial charge on any atom is 0.344 e. The summed E-state index contributed by atoms with van der Waals surface area (Å²) >= 11 is 0. The summed E-state index contributed by atoms with van der Waals surface area (Å²) < 4.78 is 10.1. The quantitative estimate of drug-likeness (QED) is 0.346. The molecule has 0 atom stereocenters. The second-order valence-electron chi connectivity index (χ2n) is 6.75. The van der Waals surface area contributed by atoms with Crippen LogP contribution >= 0.6 is 0 Å². The van der Waals surface area contributed by atoms with Crippen LogP contribution in [0.4, 0.5) is 5.69 Å². The van der Waals surface area contributed by atoms with Crippen LogP contribution in [-0.2, 0) is 19.1 Å². The first-order valence-electron chi connectivity index (χ1n) is 9.95. The lowest BCUT2D eigenvalue weighted by Crippen LogP contribution is -2.21. The number of amides is 2. The van der Waals surface area contributed by atoms with Crippen LogP contribution in [0, 0.1) is 13.8 Å². The Kier molecular flexibility index (Phi) is 9.22. The zero-order valence-electron chi connectivity index (χ0n) is 17.9. The lowest BCUT2D eigenvalue weighted by Gasteiger charge is -2.10. The van der Waals surface area contributed by atoms with Crippen LogP contribution in [0.3, 0.4) is 0 Å². The van der Waals surface area contributed by atoms with Crippen LogP contribution in [-0.4, -0.2) is 37.2 Å². The minimum Gasteiger partial charge on any atom is -0.482 e. The van der Waals surface area contributed by atoms with E-state index >= 15 is 0 Å². The maximum absolute atomic E-state index is 12.1. The number of nitrogens with zero attached hydrogens (tertiary/aromatic N) is 1. The van der Waals surface area contributed by atoms with E-state index in [0.717, 1.165) is 22.4 Å². The van der Waals surface area contributed by atoms with Crippen molar-refractivity contribution in [2.24, 2.45) is 5.10 Å². The zero-order chi connectivity index (χ0) is 22.6. The minimum atomic E-state index is -0.432. The van der Waals surface area contributed by atoms with E-state index in [1.807, 2.05) is 32.0 Å². The SMILES string of the molecule is CCOC(=O)COc1ccc(C=NNC(=O)CCC(=O)Nc2cccc(C)c2C)cc1. The first kappa shape index (κ1) is 23.6. The van der Waals surface area contributed by atoms with Crippen molar-refractivity contribution in [3.05, 3.63) is 59.2 Å². The molecule has 2 aromatic rings. The average molecular weight is 425 g/mol. The van der Waals surface area contributed by atoms with Gasteiger partial charge in [-0.15, -0.1) is 0 Å². The maximum atomic E-state index is 12.1. The van der Waals surface area contributed by atoms with Gasteiger partial charge in [-0.05, 0) is 67.8 Å². The van der Waals surface area contributed by atoms with Gasteiger partial charge in [0.05, 0.1) is 12.8 Å². The molecule has 0 unspecified atom stereocenters. The largest absolute Gasteiger partial charge is 0.482 e. The molecule has 0 aliphatic rings. The topological polar surface area (TPSA) is 106 Å². The third-order valence-electron chi connectivity index (χ3n) is 4.40. The molecule has 0 aromatic heterocycles. The Labute approximate surface area is 181 Å². The summed E-state index contributed by atoms with van der Waals surface area (Å²) in [6.07, 6.45) is 1.55. The molecular formula is C23H27N3O5. The summed E-state index contributed by atoms with van der Waals surface area (Å²) in [5.41, 5.74) is 5.97. The van der Waals surface area contributed by atoms with Gasteiger partial charge in [0.2, 0.25) is 11.8 Å². The fourth-order valence-corrected chi connectivity index (χ4v) is 2.56. The molecule has 0 bridgehead atoms. The minimum absolute atomic E-state index is 0.0225. The van der Waals surface area contributed by atoms with Crippen LogP contribution < -0.4 is 15.5 Å². The van der Waals surface area contributed by atoms with E-state index in [1.165, 1.54) is 6.21 Å². The van der Waals surface area contributed by atoms with Crippen molar-refractivity contribution in [1.82, 2.24) is 5.43 Å². The Bertz CT molecular complexity index is 939. The summed E-state index contributed by atoms with van der Waals surface area (Å²) in [7, 11) is 0. The van der Waals surface area contributed by atoms with Crippen molar-refractivity contribution in [3.8, 4) is 5.75 Å². The molecule has 2 aromatic carbocycles. The van der Waals surface area contributed by atoms with Gasteiger partial charge in [-0.1, -0.05) is 12.1 Å². The predicted octanol–water partition coefficient (Wildman–Crippen LogP) is 3.11. The number of hydrogen-bond donors (Lipinski definition) is 2. The molecule has 0 aliphatic heterocycles.